The number of anilines is 1. The molecular formula is C22H22BrClN4OS2. The number of hydrogen-bond donors (Lipinski definition) is 1. The second-order valence-electron chi connectivity index (χ2n) is 7.57. The Morgan fingerprint density at radius 1 is 1.48 bits per heavy atom. The first-order chi connectivity index (χ1) is 15.0. The summed E-state index contributed by atoms with van der Waals surface area (Å²) in [7, 11) is 0. The molecule has 0 saturated heterocycles. The third-order valence-electron chi connectivity index (χ3n) is 5.21. The second-order valence-corrected chi connectivity index (χ2v) is 10.8. The van der Waals surface area contributed by atoms with E-state index in [0.717, 1.165) is 29.1 Å². The van der Waals surface area contributed by atoms with Gasteiger partial charge in [0.1, 0.15) is 0 Å². The van der Waals surface area contributed by atoms with Crippen LogP contribution in [0.1, 0.15) is 23.8 Å². The van der Waals surface area contributed by atoms with Gasteiger partial charge in [0.15, 0.2) is 11.0 Å². The average molecular weight is 538 g/mol. The molecule has 1 aliphatic carbocycles. The van der Waals surface area contributed by atoms with Crippen molar-refractivity contribution >= 4 is 62.2 Å². The average Bonchev–Trinajstić information content (AvgIpc) is 3.32. The number of rotatable bonds is 7. The fraction of sp³-hybridized carbons (Fsp3) is 0.318. The van der Waals surface area contributed by atoms with Gasteiger partial charge in [0.2, 0.25) is 5.91 Å². The normalized spacial score (nSPS) is 15.5. The highest BCUT2D eigenvalue weighted by atomic mass is 79.9. The van der Waals surface area contributed by atoms with Crippen LogP contribution in [0, 0.1) is 5.92 Å². The van der Waals surface area contributed by atoms with E-state index in [9.17, 15) is 4.79 Å². The van der Waals surface area contributed by atoms with Crippen molar-refractivity contribution in [1.82, 2.24) is 14.8 Å². The lowest BCUT2D eigenvalue weighted by atomic mass is 9.88. The summed E-state index contributed by atoms with van der Waals surface area (Å²) in [6.45, 7) is 6.78. The van der Waals surface area contributed by atoms with Gasteiger partial charge in [0.05, 0.1) is 16.5 Å². The Hall–Kier alpha value is -1.61. The zero-order valence-corrected chi connectivity index (χ0v) is 21.0. The lowest BCUT2D eigenvalue weighted by Crippen LogP contribution is -2.15. The molecule has 1 N–H and O–H groups in total. The summed E-state index contributed by atoms with van der Waals surface area (Å²) in [5.41, 5.74) is 3.15. The Morgan fingerprint density at radius 2 is 2.32 bits per heavy atom. The summed E-state index contributed by atoms with van der Waals surface area (Å²) in [5, 5.41) is 15.1. The van der Waals surface area contributed by atoms with Crippen LogP contribution in [0.4, 0.5) is 5.69 Å². The molecule has 0 radical (unpaired) electrons. The maximum Gasteiger partial charge on any atom is 0.234 e. The monoisotopic (exact) mass is 536 g/mol. The van der Waals surface area contributed by atoms with Crippen LogP contribution in [0.5, 0.6) is 0 Å². The van der Waals surface area contributed by atoms with Crippen molar-refractivity contribution in [3.63, 3.8) is 0 Å². The molecule has 1 aromatic carbocycles. The number of carbonyl (C=O) groups excluding carboxylic acids is 1. The minimum atomic E-state index is -0.147. The molecule has 9 heteroatoms. The number of nitrogens with one attached hydrogen (secondary N) is 1. The van der Waals surface area contributed by atoms with Gasteiger partial charge in [-0.15, -0.1) is 28.1 Å². The highest BCUT2D eigenvalue weighted by molar-refractivity contribution is 9.10. The molecule has 0 spiro atoms. The molecule has 0 saturated carbocycles. The molecule has 1 aliphatic rings. The van der Waals surface area contributed by atoms with Crippen molar-refractivity contribution in [3.05, 3.63) is 56.2 Å². The highest BCUT2D eigenvalue weighted by Crippen LogP contribution is 2.38. The SMILES string of the molecule is C=CCn1c(SCC(=O)Nc2ccc(Br)cc2Cl)nnc1-c1csc2c1CCC(C)C2. The molecule has 0 aliphatic heterocycles. The quantitative estimate of drug-likeness (QED) is 0.277. The minimum absolute atomic E-state index is 0.147. The molecule has 1 amide bonds. The predicted octanol–water partition coefficient (Wildman–Crippen LogP) is 6.46. The third-order valence-corrected chi connectivity index (χ3v) is 8.03. The fourth-order valence-corrected chi connectivity index (χ4v) is 6.37. The second kappa shape index (κ2) is 9.90. The molecule has 3 aromatic rings. The lowest BCUT2D eigenvalue weighted by Gasteiger charge is -2.19. The first-order valence-electron chi connectivity index (χ1n) is 9.97. The number of carbonyl (C=O) groups is 1. The Kier molecular flexibility index (Phi) is 7.21. The lowest BCUT2D eigenvalue weighted by molar-refractivity contribution is -0.113. The van der Waals surface area contributed by atoms with Crippen molar-refractivity contribution in [2.24, 2.45) is 5.92 Å². The Labute approximate surface area is 203 Å². The van der Waals surface area contributed by atoms with E-state index in [-0.39, 0.29) is 11.7 Å². The van der Waals surface area contributed by atoms with E-state index in [1.54, 1.807) is 12.1 Å². The number of aromatic nitrogens is 3. The van der Waals surface area contributed by atoms with Crippen LogP contribution in [0.3, 0.4) is 0 Å². The van der Waals surface area contributed by atoms with E-state index in [4.69, 9.17) is 11.6 Å². The van der Waals surface area contributed by atoms with Crippen LogP contribution in [-0.4, -0.2) is 26.4 Å². The standard InChI is InChI=1S/C22H22BrClN4OS2/c1-3-8-28-21(16-11-30-19-9-13(2)4-6-15(16)19)26-27-22(28)31-12-20(29)25-18-7-5-14(23)10-17(18)24/h3,5,7,10-11,13H,1,4,6,8-9,12H2,2H3,(H,25,29). The van der Waals surface area contributed by atoms with Crippen molar-refractivity contribution in [3.8, 4) is 11.4 Å². The molecule has 4 rings (SSSR count). The Bertz CT molecular complexity index is 1130. The van der Waals surface area contributed by atoms with Crippen molar-refractivity contribution in [2.75, 3.05) is 11.1 Å². The zero-order valence-electron chi connectivity index (χ0n) is 17.0. The Balaban J connectivity index is 1.50. The number of thiophene rings is 1. The van der Waals surface area contributed by atoms with Gasteiger partial charge in [-0.3, -0.25) is 9.36 Å². The van der Waals surface area contributed by atoms with E-state index in [0.29, 0.717) is 22.4 Å². The van der Waals surface area contributed by atoms with E-state index < -0.39 is 0 Å². The maximum absolute atomic E-state index is 12.5. The molecule has 0 fully saturated rings. The summed E-state index contributed by atoms with van der Waals surface area (Å²) in [6, 6.07) is 5.36. The van der Waals surface area contributed by atoms with Gasteiger partial charge >= 0.3 is 0 Å². The van der Waals surface area contributed by atoms with Crippen LogP contribution in [0.2, 0.25) is 5.02 Å². The zero-order chi connectivity index (χ0) is 22.0. The number of hydrogen-bond acceptors (Lipinski definition) is 5. The maximum atomic E-state index is 12.5. The van der Waals surface area contributed by atoms with Crippen LogP contribution in [-0.2, 0) is 24.2 Å². The first kappa shape index (κ1) is 22.6. The van der Waals surface area contributed by atoms with Gasteiger partial charge in [-0.05, 0) is 48.9 Å². The third kappa shape index (κ3) is 5.08. The molecule has 31 heavy (non-hydrogen) atoms. The predicted molar refractivity (Wildman–Crippen MR) is 133 cm³/mol. The number of amides is 1. The van der Waals surface area contributed by atoms with Crippen LogP contribution in [0.15, 0.2) is 45.9 Å². The molecule has 2 aromatic heterocycles. The first-order valence-corrected chi connectivity index (χ1v) is 13.0. The van der Waals surface area contributed by atoms with Gasteiger partial charge in [0, 0.05) is 26.8 Å². The summed E-state index contributed by atoms with van der Waals surface area (Å²) >= 11 is 12.7. The van der Waals surface area contributed by atoms with Crippen LogP contribution < -0.4 is 5.32 Å². The van der Waals surface area contributed by atoms with Gasteiger partial charge in [-0.25, -0.2) is 0 Å². The van der Waals surface area contributed by atoms with Gasteiger partial charge in [-0.2, -0.15) is 0 Å². The minimum Gasteiger partial charge on any atom is -0.324 e. The number of halogens is 2. The van der Waals surface area contributed by atoms with Crippen LogP contribution in [0.25, 0.3) is 11.4 Å². The molecule has 162 valence electrons. The number of benzene rings is 1. The number of thioether (sulfide) groups is 1. The van der Waals surface area contributed by atoms with Crippen molar-refractivity contribution < 1.29 is 4.79 Å². The smallest absolute Gasteiger partial charge is 0.234 e. The molecule has 2 heterocycles. The molecule has 1 atom stereocenters. The molecule has 5 nitrogen and oxygen atoms in total. The number of fused-ring (bicyclic) bond motifs is 1. The molecular weight excluding hydrogens is 516 g/mol. The topological polar surface area (TPSA) is 59.8 Å². The Morgan fingerprint density at radius 3 is 3.10 bits per heavy atom. The summed E-state index contributed by atoms with van der Waals surface area (Å²) in [5.74, 6) is 1.64. The summed E-state index contributed by atoms with van der Waals surface area (Å²) < 4.78 is 2.90. The molecule has 1 unspecified atom stereocenters. The van der Waals surface area contributed by atoms with E-state index in [1.807, 2.05) is 28.0 Å². The highest BCUT2D eigenvalue weighted by Gasteiger charge is 2.24. The number of nitrogens with zero attached hydrogens (tertiary/aromatic N) is 3. The summed E-state index contributed by atoms with van der Waals surface area (Å²) in [4.78, 5) is 13.9. The van der Waals surface area contributed by atoms with Gasteiger partial charge in [0.25, 0.3) is 0 Å². The van der Waals surface area contributed by atoms with Crippen molar-refractivity contribution in [1.29, 1.82) is 0 Å². The van der Waals surface area contributed by atoms with Crippen molar-refractivity contribution in [2.45, 2.75) is 37.9 Å². The van der Waals surface area contributed by atoms with E-state index in [2.05, 4.69) is 50.3 Å². The van der Waals surface area contributed by atoms with E-state index >= 15 is 0 Å². The summed E-state index contributed by atoms with van der Waals surface area (Å²) in [6.07, 6.45) is 5.25. The largest absolute Gasteiger partial charge is 0.324 e. The van der Waals surface area contributed by atoms with E-state index in [1.165, 1.54) is 34.2 Å². The van der Waals surface area contributed by atoms with Gasteiger partial charge in [-0.1, -0.05) is 52.3 Å². The fourth-order valence-electron chi connectivity index (χ4n) is 3.66. The molecule has 0 bridgehead atoms. The number of allylic oxidation sites excluding steroid dienone is 1. The van der Waals surface area contributed by atoms with Gasteiger partial charge < -0.3 is 5.32 Å². The van der Waals surface area contributed by atoms with Crippen LogP contribution >= 0.6 is 50.6 Å².